The van der Waals surface area contributed by atoms with E-state index in [-0.39, 0.29) is 6.61 Å². The maximum absolute atomic E-state index is 10.0. The molecule has 0 aliphatic carbocycles. The Morgan fingerprint density at radius 3 is 2.00 bits per heavy atom. The zero-order chi connectivity index (χ0) is 18.7. The van der Waals surface area contributed by atoms with E-state index in [4.69, 9.17) is 24.1 Å². The molecule has 0 radical (unpaired) electrons. The number of ether oxygens (including phenoxy) is 4. The smallest absolute Gasteiger partial charge is 0.187 e. The summed E-state index contributed by atoms with van der Waals surface area (Å²) in [6.45, 7) is -1.67. The summed E-state index contributed by atoms with van der Waals surface area (Å²) in [5.41, 5.74) is 0. The van der Waals surface area contributed by atoms with Crippen LogP contribution in [0.2, 0.25) is 0 Å². The van der Waals surface area contributed by atoms with Crippen LogP contribution >= 0.6 is 0 Å². The minimum absolute atomic E-state index is 0.324. The van der Waals surface area contributed by atoms with E-state index < -0.39 is 74.8 Å². The fourth-order valence-electron chi connectivity index (χ4n) is 2.73. The van der Waals surface area contributed by atoms with Crippen molar-refractivity contribution < 1.29 is 59.8 Å². The first-order valence-corrected chi connectivity index (χ1v) is 7.66. The Morgan fingerprint density at radius 2 is 1.40 bits per heavy atom. The molecule has 2 heterocycles. The second-order valence-corrected chi connectivity index (χ2v) is 5.84. The normalized spacial score (nSPS) is 48.5. The summed E-state index contributed by atoms with van der Waals surface area (Å²) < 4.78 is 20.2. The van der Waals surface area contributed by atoms with Gasteiger partial charge in [0.2, 0.25) is 0 Å². The van der Waals surface area contributed by atoms with Gasteiger partial charge in [0.25, 0.3) is 0 Å². The highest BCUT2D eigenvalue weighted by atomic mass is 16.7. The molecule has 2 aliphatic heterocycles. The van der Waals surface area contributed by atoms with Gasteiger partial charge in [-0.25, -0.2) is 0 Å². The molecular weight excluding hydrogens is 348 g/mol. The topological polar surface area (TPSA) is 199 Å². The Kier molecular flexibility index (Phi) is 7.45. The average molecular weight is 372 g/mol. The van der Waals surface area contributed by atoms with Crippen molar-refractivity contribution in [2.45, 2.75) is 61.4 Å². The largest absolute Gasteiger partial charge is 0.394 e. The molecule has 0 amide bonds. The maximum atomic E-state index is 10.0. The Balaban J connectivity index is 2.10. The Hall–Kier alpha value is -0.480. The van der Waals surface area contributed by atoms with Crippen molar-refractivity contribution in [3.8, 4) is 0 Å². The molecule has 0 unspecified atom stereocenters. The van der Waals surface area contributed by atoms with Crippen molar-refractivity contribution >= 4 is 0 Å². The van der Waals surface area contributed by atoms with E-state index in [1.807, 2.05) is 0 Å². The number of aliphatic hydroxyl groups excluding tert-OH is 8. The van der Waals surface area contributed by atoms with Gasteiger partial charge < -0.3 is 59.8 Å². The Bertz CT molecular complexity index is 408. The maximum Gasteiger partial charge on any atom is 0.187 e. The Morgan fingerprint density at radius 1 is 0.720 bits per heavy atom. The van der Waals surface area contributed by atoms with E-state index in [2.05, 4.69) is 0 Å². The van der Waals surface area contributed by atoms with Crippen molar-refractivity contribution in [1.29, 1.82) is 0 Å². The number of hydrogen-bond acceptors (Lipinski definition) is 12. The summed E-state index contributed by atoms with van der Waals surface area (Å²) >= 11 is 0. The third kappa shape index (κ3) is 4.44. The summed E-state index contributed by atoms with van der Waals surface area (Å²) in [4.78, 5) is 0. The zero-order valence-corrected chi connectivity index (χ0v) is 13.1. The van der Waals surface area contributed by atoms with Gasteiger partial charge in [-0.15, -0.1) is 0 Å². The van der Waals surface area contributed by atoms with Crippen molar-refractivity contribution in [2.75, 3.05) is 20.0 Å². The highest BCUT2D eigenvalue weighted by Crippen LogP contribution is 2.28. The molecule has 2 fully saturated rings. The monoisotopic (exact) mass is 372 g/mol. The molecule has 2 rings (SSSR count). The van der Waals surface area contributed by atoms with E-state index in [9.17, 15) is 35.7 Å². The quantitative estimate of drug-likeness (QED) is 0.206. The molecule has 12 heteroatoms. The van der Waals surface area contributed by atoms with Crippen LogP contribution in [0.3, 0.4) is 0 Å². The minimum atomic E-state index is -1.75. The fourth-order valence-corrected chi connectivity index (χ4v) is 2.73. The van der Waals surface area contributed by atoms with Crippen LogP contribution in [0.1, 0.15) is 0 Å². The van der Waals surface area contributed by atoms with Crippen molar-refractivity contribution in [2.24, 2.45) is 0 Å². The molecule has 2 aliphatic rings. The second kappa shape index (κ2) is 8.94. The minimum Gasteiger partial charge on any atom is -0.394 e. The summed E-state index contributed by atoms with van der Waals surface area (Å²) in [6, 6.07) is 0. The van der Waals surface area contributed by atoms with Gasteiger partial charge in [-0.3, -0.25) is 0 Å². The lowest BCUT2D eigenvalue weighted by atomic mass is 9.97. The Labute approximate surface area is 142 Å². The molecule has 0 spiro atoms. The summed E-state index contributed by atoms with van der Waals surface area (Å²) in [5, 5.41) is 76.8. The van der Waals surface area contributed by atoms with E-state index in [0.717, 1.165) is 0 Å². The van der Waals surface area contributed by atoms with Crippen LogP contribution in [0.5, 0.6) is 0 Å². The molecular formula is C13H24O12. The predicted octanol–water partition coefficient (Wildman–Crippen LogP) is -5.42. The zero-order valence-electron chi connectivity index (χ0n) is 13.1. The molecule has 0 aromatic carbocycles. The lowest BCUT2D eigenvalue weighted by Gasteiger charge is -2.45. The van der Waals surface area contributed by atoms with Gasteiger partial charge in [0.15, 0.2) is 12.6 Å². The lowest BCUT2D eigenvalue weighted by Crippen LogP contribution is -2.64. The number of aliphatic hydroxyl groups is 8. The van der Waals surface area contributed by atoms with Gasteiger partial charge in [0.1, 0.15) is 55.6 Å². The third-order valence-corrected chi connectivity index (χ3v) is 4.17. The van der Waals surface area contributed by atoms with Crippen molar-refractivity contribution in [1.82, 2.24) is 0 Å². The molecule has 148 valence electrons. The fraction of sp³-hybridized carbons (Fsp3) is 1.00. The molecule has 8 N–H and O–H groups in total. The third-order valence-electron chi connectivity index (χ3n) is 4.17. The predicted molar refractivity (Wildman–Crippen MR) is 74.6 cm³/mol. The highest BCUT2D eigenvalue weighted by Gasteiger charge is 2.50. The number of rotatable bonds is 6. The van der Waals surface area contributed by atoms with Gasteiger partial charge >= 0.3 is 0 Å². The first-order valence-electron chi connectivity index (χ1n) is 7.66. The molecule has 0 aromatic rings. The molecule has 0 aromatic heterocycles. The van der Waals surface area contributed by atoms with E-state index in [0.29, 0.717) is 0 Å². The van der Waals surface area contributed by atoms with Gasteiger partial charge in [-0.2, -0.15) is 0 Å². The number of hydrogen-bond donors (Lipinski definition) is 8. The van der Waals surface area contributed by atoms with Crippen LogP contribution in [-0.4, -0.2) is 122 Å². The average Bonchev–Trinajstić information content (AvgIpc) is 2.60. The van der Waals surface area contributed by atoms with Crippen molar-refractivity contribution in [3.05, 3.63) is 0 Å². The molecule has 0 saturated carbocycles. The van der Waals surface area contributed by atoms with Crippen LogP contribution in [0.15, 0.2) is 0 Å². The second-order valence-electron chi connectivity index (χ2n) is 5.84. The van der Waals surface area contributed by atoms with E-state index >= 15 is 0 Å². The van der Waals surface area contributed by atoms with Gasteiger partial charge in [-0.05, 0) is 0 Å². The van der Waals surface area contributed by atoms with Crippen LogP contribution in [0.4, 0.5) is 0 Å². The first-order chi connectivity index (χ1) is 11.8. The molecule has 12 nitrogen and oxygen atoms in total. The van der Waals surface area contributed by atoms with Gasteiger partial charge in [0, 0.05) is 0 Å². The summed E-state index contributed by atoms with van der Waals surface area (Å²) in [5.74, 6) is 0. The van der Waals surface area contributed by atoms with E-state index in [1.54, 1.807) is 0 Å². The van der Waals surface area contributed by atoms with Crippen molar-refractivity contribution in [3.63, 3.8) is 0 Å². The van der Waals surface area contributed by atoms with E-state index in [1.165, 1.54) is 0 Å². The summed E-state index contributed by atoms with van der Waals surface area (Å²) in [7, 11) is 0. The van der Waals surface area contributed by atoms with Crippen LogP contribution < -0.4 is 0 Å². The SMILES string of the molecule is OCOC[C@H]1O[C@@H](O[C@H]2[C@H](O)[C@@H](O)[C@@H](O)O[C@@H]2CO)[C@H](O)[C@@H](O)[C@H]1O. The highest BCUT2D eigenvalue weighted by molar-refractivity contribution is 4.93. The van der Waals surface area contributed by atoms with Crippen LogP contribution in [-0.2, 0) is 18.9 Å². The first kappa shape index (κ1) is 20.8. The van der Waals surface area contributed by atoms with Crippen LogP contribution in [0.25, 0.3) is 0 Å². The summed E-state index contributed by atoms with van der Waals surface area (Å²) in [6.07, 6.45) is -15.5. The molecule has 0 bridgehead atoms. The van der Waals surface area contributed by atoms with Crippen LogP contribution in [0, 0.1) is 0 Å². The lowest BCUT2D eigenvalue weighted by molar-refractivity contribution is -0.356. The molecule has 2 saturated heterocycles. The molecule has 10 atom stereocenters. The molecule has 25 heavy (non-hydrogen) atoms. The van der Waals surface area contributed by atoms with Gasteiger partial charge in [-0.1, -0.05) is 0 Å². The van der Waals surface area contributed by atoms with Gasteiger partial charge in [0.05, 0.1) is 13.2 Å². The standard InChI is InChI=1S/C13H24O12/c14-1-4-11(8(18)9(19)12(21)23-4)25-13-10(20)7(17)6(16)5(24-13)2-22-3-15/h4-21H,1-3H2/t4-,5-,6+,7+,8-,9-,10-,11-,12+,13+/m1/s1.